The molecule has 0 fully saturated rings. The predicted molar refractivity (Wildman–Crippen MR) is 247 cm³/mol. The lowest BCUT2D eigenvalue weighted by atomic mass is 9.97. The Morgan fingerprint density at radius 2 is 0.831 bits per heavy atom. The summed E-state index contributed by atoms with van der Waals surface area (Å²) in [5.74, 6) is 0. The third-order valence-corrected chi connectivity index (χ3v) is 11.9. The molecule has 3 heteroatoms. The number of nitrogens with zero attached hydrogens (tertiary/aromatic N) is 1. The highest BCUT2D eigenvalue weighted by molar-refractivity contribution is 6.24. The van der Waals surface area contributed by atoms with Crippen molar-refractivity contribution in [3.63, 3.8) is 0 Å². The fraction of sp³-hybridized carbons (Fsp3) is 0. The van der Waals surface area contributed by atoms with Crippen LogP contribution in [0.25, 0.3) is 98.8 Å². The fourth-order valence-corrected chi connectivity index (χ4v) is 8.99. The molecule has 2 aromatic heterocycles. The minimum atomic E-state index is 0.821. The highest BCUT2D eigenvalue weighted by Gasteiger charge is 2.20. The second kappa shape index (κ2) is 13.4. The highest BCUT2D eigenvalue weighted by atomic mass is 16.3. The number of hydrogen-bond donors (Lipinski definition) is 0. The topological polar surface area (TPSA) is 29.5 Å². The van der Waals surface area contributed by atoms with E-state index in [4.69, 9.17) is 8.83 Å². The molecule has 0 saturated heterocycles. The molecule has 2 heterocycles. The average Bonchev–Trinajstić information content (AvgIpc) is 3.89. The van der Waals surface area contributed by atoms with E-state index in [0.717, 1.165) is 72.1 Å². The summed E-state index contributed by atoms with van der Waals surface area (Å²) >= 11 is 0. The van der Waals surface area contributed by atoms with Crippen LogP contribution >= 0.6 is 0 Å². The normalized spacial score (nSPS) is 11.7. The molecule has 12 rings (SSSR count). The molecular weight excluding hydrogens is 719 g/mol. The van der Waals surface area contributed by atoms with E-state index < -0.39 is 0 Å². The summed E-state index contributed by atoms with van der Waals surface area (Å²) in [7, 11) is 0. The van der Waals surface area contributed by atoms with Gasteiger partial charge in [0, 0.05) is 33.2 Å². The van der Waals surface area contributed by atoms with Crippen LogP contribution in [0.2, 0.25) is 0 Å². The smallest absolute Gasteiger partial charge is 0.147 e. The average molecular weight is 754 g/mol. The van der Waals surface area contributed by atoms with Gasteiger partial charge in [0.1, 0.15) is 22.3 Å². The van der Waals surface area contributed by atoms with Gasteiger partial charge in [-0.2, -0.15) is 0 Å². The summed E-state index contributed by atoms with van der Waals surface area (Å²) < 4.78 is 13.0. The molecule has 0 N–H and O–H groups in total. The van der Waals surface area contributed by atoms with Crippen molar-refractivity contribution in [1.82, 2.24) is 0 Å². The Hall–Kier alpha value is -7.88. The first-order chi connectivity index (χ1) is 29.2. The minimum absolute atomic E-state index is 0.821. The molecule has 0 aliphatic carbocycles. The Balaban J connectivity index is 0.949. The van der Waals surface area contributed by atoms with Crippen LogP contribution in [0.3, 0.4) is 0 Å². The van der Waals surface area contributed by atoms with Gasteiger partial charge in [-0.3, -0.25) is 0 Å². The second-order valence-corrected chi connectivity index (χ2v) is 15.3. The number of para-hydroxylation sites is 1. The Kier molecular flexibility index (Phi) is 7.54. The molecular formula is C56H35NO2. The van der Waals surface area contributed by atoms with Gasteiger partial charge in [0.25, 0.3) is 0 Å². The maximum Gasteiger partial charge on any atom is 0.147 e. The predicted octanol–water partition coefficient (Wildman–Crippen LogP) is 16.3. The third-order valence-electron chi connectivity index (χ3n) is 11.9. The first kappa shape index (κ1) is 33.3. The zero-order valence-corrected chi connectivity index (χ0v) is 32.0. The molecule has 0 aliphatic rings. The quantitative estimate of drug-likeness (QED) is 0.158. The summed E-state index contributed by atoms with van der Waals surface area (Å²) in [4.78, 5) is 2.33. The van der Waals surface area contributed by atoms with Crippen molar-refractivity contribution < 1.29 is 8.83 Å². The first-order valence-electron chi connectivity index (χ1n) is 20.1. The van der Waals surface area contributed by atoms with E-state index >= 15 is 0 Å². The monoisotopic (exact) mass is 753 g/mol. The number of hydrogen-bond acceptors (Lipinski definition) is 3. The molecule has 276 valence electrons. The molecule has 0 amide bonds. The first-order valence-corrected chi connectivity index (χ1v) is 20.1. The fourth-order valence-electron chi connectivity index (χ4n) is 8.99. The Labute approximate surface area is 340 Å². The largest absolute Gasteiger partial charge is 0.456 e. The molecule has 0 radical (unpaired) electrons. The van der Waals surface area contributed by atoms with Crippen molar-refractivity contribution in [2.75, 3.05) is 4.90 Å². The van der Waals surface area contributed by atoms with Crippen LogP contribution < -0.4 is 4.90 Å². The van der Waals surface area contributed by atoms with Gasteiger partial charge < -0.3 is 13.7 Å². The van der Waals surface area contributed by atoms with Gasteiger partial charge >= 0.3 is 0 Å². The van der Waals surface area contributed by atoms with E-state index in [0.29, 0.717) is 0 Å². The van der Waals surface area contributed by atoms with Crippen LogP contribution in [0.5, 0.6) is 0 Å². The lowest BCUT2D eigenvalue weighted by Gasteiger charge is -2.26. The number of furan rings is 2. The second-order valence-electron chi connectivity index (χ2n) is 15.3. The maximum absolute atomic E-state index is 6.51. The van der Waals surface area contributed by atoms with E-state index in [1.165, 1.54) is 43.8 Å². The van der Waals surface area contributed by atoms with E-state index in [2.05, 4.69) is 199 Å². The van der Waals surface area contributed by atoms with Gasteiger partial charge in [0.2, 0.25) is 0 Å². The molecule has 0 saturated carbocycles. The van der Waals surface area contributed by atoms with Crippen LogP contribution in [0.15, 0.2) is 221 Å². The van der Waals surface area contributed by atoms with E-state index in [9.17, 15) is 0 Å². The number of rotatable bonds is 6. The molecule has 59 heavy (non-hydrogen) atoms. The van der Waals surface area contributed by atoms with Crippen LogP contribution in [-0.4, -0.2) is 0 Å². The molecule has 3 nitrogen and oxygen atoms in total. The molecule has 0 atom stereocenters. The van der Waals surface area contributed by atoms with E-state index in [-0.39, 0.29) is 0 Å². The van der Waals surface area contributed by atoms with Crippen molar-refractivity contribution in [3.8, 4) is 33.4 Å². The third kappa shape index (κ3) is 5.51. The van der Waals surface area contributed by atoms with Crippen molar-refractivity contribution in [1.29, 1.82) is 0 Å². The van der Waals surface area contributed by atoms with Crippen molar-refractivity contribution in [3.05, 3.63) is 212 Å². The van der Waals surface area contributed by atoms with Crippen molar-refractivity contribution in [2.24, 2.45) is 0 Å². The Morgan fingerprint density at radius 3 is 1.59 bits per heavy atom. The van der Waals surface area contributed by atoms with Crippen LogP contribution in [0.4, 0.5) is 17.1 Å². The van der Waals surface area contributed by atoms with E-state index in [1.54, 1.807) is 0 Å². The molecule has 10 aromatic carbocycles. The minimum Gasteiger partial charge on any atom is -0.456 e. The zero-order valence-electron chi connectivity index (χ0n) is 32.0. The van der Waals surface area contributed by atoms with Gasteiger partial charge in [0.05, 0.1) is 5.39 Å². The zero-order chi connectivity index (χ0) is 38.9. The summed E-state index contributed by atoms with van der Waals surface area (Å²) in [6.45, 7) is 0. The van der Waals surface area contributed by atoms with Crippen LogP contribution in [0, 0.1) is 0 Å². The highest BCUT2D eigenvalue weighted by Crippen LogP contribution is 2.44. The van der Waals surface area contributed by atoms with Gasteiger partial charge in [0.15, 0.2) is 0 Å². The van der Waals surface area contributed by atoms with Gasteiger partial charge in [-0.1, -0.05) is 146 Å². The lowest BCUT2D eigenvalue weighted by Crippen LogP contribution is -2.09. The van der Waals surface area contributed by atoms with Gasteiger partial charge in [-0.05, 0) is 122 Å². The summed E-state index contributed by atoms with van der Waals surface area (Å²) in [6, 6.07) is 75.8. The SMILES string of the molecule is c1ccc(-c2ccc(N(c3ccc(-c4ccc5c(ccc6ccccc65)c4)cc3)c3ccc(-c4cccc5oc6ccc7c8ccccc8oc7c6c45)cc3)cc2)cc1. The molecule has 0 spiro atoms. The number of benzene rings is 10. The number of anilines is 3. The maximum atomic E-state index is 6.51. The molecule has 0 aliphatic heterocycles. The number of fused-ring (bicyclic) bond motifs is 10. The molecule has 12 aromatic rings. The standard InChI is InChI=1S/C56H35NO2/c1-2-9-36(10-3-1)37-19-26-43(27-20-37)57(44-28-21-38(22-29-44)41-25-32-47-42(35-41)18-17-39-11-4-5-12-46(39)47)45-30-23-40(24-31-45)48-14-8-16-52-54(48)55-53(58-52)34-33-50-49-13-6-7-15-51(49)59-56(50)55/h1-35H. The van der Waals surface area contributed by atoms with Crippen molar-refractivity contribution >= 4 is 82.5 Å². The van der Waals surface area contributed by atoms with Gasteiger partial charge in [-0.25, -0.2) is 0 Å². The summed E-state index contributed by atoms with van der Waals surface area (Å²) in [5, 5.41) is 9.33. The van der Waals surface area contributed by atoms with Gasteiger partial charge in [-0.15, -0.1) is 0 Å². The molecule has 0 bridgehead atoms. The van der Waals surface area contributed by atoms with E-state index in [1.807, 2.05) is 18.2 Å². The Morgan fingerprint density at radius 1 is 0.288 bits per heavy atom. The van der Waals surface area contributed by atoms with Crippen molar-refractivity contribution in [2.45, 2.75) is 0 Å². The Bertz CT molecular complexity index is 3520. The lowest BCUT2D eigenvalue weighted by molar-refractivity contribution is 0.663. The molecule has 0 unspecified atom stereocenters. The summed E-state index contributed by atoms with van der Waals surface area (Å²) in [6.07, 6.45) is 0. The summed E-state index contributed by atoms with van der Waals surface area (Å²) in [5.41, 5.74) is 13.6. The van der Waals surface area contributed by atoms with Crippen LogP contribution in [0.1, 0.15) is 0 Å². The van der Waals surface area contributed by atoms with Crippen LogP contribution in [-0.2, 0) is 0 Å².